The Balaban J connectivity index is 1.76. The Morgan fingerprint density at radius 1 is 1.39 bits per heavy atom. The average molecular weight is 280 g/mol. The maximum atomic E-state index is 6.15. The Hall–Kier alpha value is -1.10. The molecule has 0 spiro atoms. The van der Waals surface area contributed by atoms with Crippen molar-refractivity contribution in [1.82, 2.24) is 9.88 Å². The van der Waals surface area contributed by atoms with Gasteiger partial charge in [0, 0.05) is 24.5 Å². The Morgan fingerprint density at radius 2 is 2.28 bits per heavy atom. The van der Waals surface area contributed by atoms with Crippen LogP contribution in [-0.2, 0) is 19.5 Å². The molecular weight excluding hydrogens is 266 g/mol. The van der Waals surface area contributed by atoms with Crippen molar-refractivity contribution in [2.75, 3.05) is 12.3 Å². The number of hydrogen-bond acceptors (Lipinski definition) is 4. The third-order valence-corrected chi connectivity index (χ3v) is 4.57. The number of aromatic nitrogens is 1. The molecule has 5 heteroatoms. The van der Waals surface area contributed by atoms with Gasteiger partial charge in [-0.1, -0.05) is 11.6 Å². The molecule has 2 aromatic rings. The first-order valence-electron chi connectivity index (χ1n) is 5.91. The summed E-state index contributed by atoms with van der Waals surface area (Å²) < 4.78 is 0. The molecule has 0 bridgehead atoms. The predicted molar refractivity (Wildman–Crippen MR) is 75.8 cm³/mol. The second-order valence-electron chi connectivity index (χ2n) is 4.49. The molecular formula is C13H14ClN3S. The topological polar surface area (TPSA) is 42.1 Å². The van der Waals surface area contributed by atoms with Crippen molar-refractivity contribution < 1.29 is 0 Å². The van der Waals surface area contributed by atoms with Crippen LogP contribution in [0.25, 0.3) is 0 Å². The molecule has 1 aliphatic heterocycles. The van der Waals surface area contributed by atoms with Gasteiger partial charge in [0.15, 0.2) is 0 Å². The van der Waals surface area contributed by atoms with E-state index in [-0.39, 0.29) is 0 Å². The number of halogens is 1. The summed E-state index contributed by atoms with van der Waals surface area (Å²) in [7, 11) is 0. The standard InChI is InChI=1S/C13H14ClN3S/c14-10-1-2-13(15)16-11(10)8-17-5-3-12-9(7-17)4-6-18-12/h1-2,4,6H,3,5,7-8H2,(H2,15,16). The molecule has 1 aliphatic rings. The zero-order chi connectivity index (χ0) is 12.5. The minimum atomic E-state index is 0.530. The van der Waals surface area contributed by atoms with Crippen LogP contribution in [0.1, 0.15) is 16.1 Å². The zero-order valence-corrected chi connectivity index (χ0v) is 11.5. The molecule has 0 aromatic carbocycles. The molecule has 2 aromatic heterocycles. The van der Waals surface area contributed by atoms with Crippen molar-refractivity contribution in [2.45, 2.75) is 19.5 Å². The van der Waals surface area contributed by atoms with Gasteiger partial charge in [-0.3, -0.25) is 4.90 Å². The van der Waals surface area contributed by atoms with Crippen LogP contribution in [0.5, 0.6) is 0 Å². The van der Waals surface area contributed by atoms with Gasteiger partial charge in [0.25, 0.3) is 0 Å². The van der Waals surface area contributed by atoms with Gasteiger partial charge in [0.05, 0.1) is 10.7 Å². The van der Waals surface area contributed by atoms with Gasteiger partial charge in [0.1, 0.15) is 5.82 Å². The SMILES string of the molecule is Nc1ccc(Cl)c(CN2CCc3sccc3C2)n1. The van der Waals surface area contributed by atoms with Crippen molar-refractivity contribution in [3.63, 3.8) is 0 Å². The summed E-state index contributed by atoms with van der Waals surface area (Å²) in [5.41, 5.74) is 8.01. The summed E-state index contributed by atoms with van der Waals surface area (Å²) in [4.78, 5) is 8.19. The van der Waals surface area contributed by atoms with Gasteiger partial charge in [0.2, 0.25) is 0 Å². The number of anilines is 1. The number of nitrogen functional groups attached to an aromatic ring is 1. The molecule has 94 valence electrons. The van der Waals surface area contributed by atoms with E-state index in [9.17, 15) is 0 Å². The lowest BCUT2D eigenvalue weighted by Gasteiger charge is -2.26. The van der Waals surface area contributed by atoms with E-state index in [0.29, 0.717) is 10.8 Å². The second-order valence-corrected chi connectivity index (χ2v) is 5.90. The van der Waals surface area contributed by atoms with Crippen molar-refractivity contribution in [2.24, 2.45) is 0 Å². The van der Waals surface area contributed by atoms with E-state index < -0.39 is 0 Å². The Bertz CT molecular complexity index is 567. The Kier molecular flexibility index (Phi) is 3.24. The minimum absolute atomic E-state index is 0.530. The molecule has 3 nitrogen and oxygen atoms in total. The number of thiophene rings is 1. The van der Waals surface area contributed by atoms with Crippen LogP contribution in [0.15, 0.2) is 23.6 Å². The molecule has 0 atom stereocenters. The van der Waals surface area contributed by atoms with Crippen molar-refractivity contribution >= 4 is 28.8 Å². The van der Waals surface area contributed by atoms with Crippen molar-refractivity contribution in [1.29, 1.82) is 0 Å². The van der Waals surface area contributed by atoms with Crippen LogP contribution in [0.3, 0.4) is 0 Å². The molecule has 0 unspecified atom stereocenters. The predicted octanol–water partition coefficient (Wildman–Crippen LogP) is 2.94. The maximum Gasteiger partial charge on any atom is 0.123 e. The van der Waals surface area contributed by atoms with Crippen molar-refractivity contribution in [3.8, 4) is 0 Å². The fraction of sp³-hybridized carbons (Fsp3) is 0.308. The van der Waals surface area contributed by atoms with E-state index in [1.165, 1.54) is 10.4 Å². The summed E-state index contributed by atoms with van der Waals surface area (Å²) in [6, 6.07) is 5.76. The number of fused-ring (bicyclic) bond motifs is 1. The van der Waals surface area contributed by atoms with Crippen LogP contribution < -0.4 is 5.73 Å². The van der Waals surface area contributed by atoms with E-state index >= 15 is 0 Å². The fourth-order valence-electron chi connectivity index (χ4n) is 2.27. The minimum Gasteiger partial charge on any atom is -0.384 e. The third-order valence-electron chi connectivity index (χ3n) is 3.20. The summed E-state index contributed by atoms with van der Waals surface area (Å²) in [5, 5.41) is 2.86. The van der Waals surface area contributed by atoms with E-state index in [1.807, 2.05) is 17.4 Å². The highest BCUT2D eigenvalue weighted by molar-refractivity contribution is 7.10. The van der Waals surface area contributed by atoms with E-state index in [2.05, 4.69) is 21.3 Å². The smallest absolute Gasteiger partial charge is 0.123 e. The molecule has 0 fully saturated rings. The number of nitrogens with zero attached hydrogens (tertiary/aromatic N) is 2. The first-order valence-corrected chi connectivity index (χ1v) is 7.16. The molecule has 0 aliphatic carbocycles. The lowest BCUT2D eigenvalue weighted by Crippen LogP contribution is -2.29. The van der Waals surface area contributed by atoms with Gasteiger partial charge in [-0.05, 0) is 35.6 Å². The average Bonchev–Trinajstić information content (AvgIpc) is 2.81. The first kappa shape index (κ1) is 12.0. The molecule has 0 amide bonds. The van der Waals surface area contributed by atoms with Crippen molar-refractivity contribution in [3.05, 3.63) is 44.7 Å². The summed E-state index contributed by atoms with van der Waals surface area (Å²) >= 11 is 8.00. The van der Waals surface area contributed by atoms with E-state index in [0.717, 1.165) is 31.7 Å². The molecule has 0 radical (unpaired) electrons. The summed E-state index contributed by atoms with van der Waals surface area (Å²) in [5.74, 6) is 0.530. The van der Waals surface area contributed by atoms with E-state index in [1.54, 1.807) is 6.07 Å². The Labute approximate surface area is 115 Å². The summed E-state index contributed by atoms with van der Waals surface area (Å²) in [6.45, 7) is 2.80. The number of hydrogen-bond donors (Lipinski definition) is 1. The molecule has 3 heterocycles. The molecule has 18 heavy (non-hydrogen) atoms. The highest BCUT2D eigenvalue weighted by Crippen LogP contribution is 2.26. The van der Waals surface area contributed by atoms with Crippen LogP contribution in [0, 0.1) is 0 Å². The Morgan fingerprint density at radius 3 is 3.17 bits per heavy atom. The van der Waals surface area contributed by atoms with Crippen LogP contribution in [0.4, 0.5) is 5.82 Å². The van der Waals surface area contributed by atoms with Crippen LogP contribution in [0.2, 0.25) is 5.02 Å². The lowest BCUT2D eigenvalue weighted by atomic mass is 10.1. The van der Waals surface area contributed by atoms with Gasteiger partial charge in [-0.15, -0.1) is 11.3 Å². The number of nitrogens with two attached hydrogens (primary N) is 1. The highest BCUT2D eigenvalue weighted by Gasteiger charge is 2.18. The second kappa shape index (κ2) is 4.88. The van der Waals surface area contributed by atoms with Crippen LogP contribution in [-0.4, -0.2) is 16.4 Å². The van der Waals surface area contributed by atoms with Gasteiger partial charge < -0.3 is 5.73 Å². The molecule has 0 saturated heterocycles. The lowest BCUT2D eigenvalue weighted by molar-refractivity contribution is 0.245. The monoisotopic (exact) mass is 279 g/mol. The van der Waals surface area contributed by atoms with E-state index in [4.69, 9.17) is 17.3 Å². The number of rotatable bonds is 2. The fourth-order valence-corrected chi connectivity index (χ4v) is 3.32. The number of pyridine rings is 1. The molecule has 0 saturated carbocycles. The van der Waals surface area contributed by atoms with Gasteiger partial charge in [-0.25, -0.2) is 4.98 Å². The maximum absolute atomic E-state index is 6.15. The van der Waals surface area contributed by atoms with Gasteiger partial charge >= 0.3 is 0 Å². The van der Waals surface area contributed by atoms with Crippen LogP contribution >= 0.6 is 22.9 Å². The summed E-state index contributed by atoms with van der Waals surface area (Å²) in [6.07, 6.45) is 1.12. The molecule has 2 N–H and O–H groups in total. The normalized spacial score (nSPS) is 15.6. The molecule has 3 rings (SSSR count). The largest absolute Gasteiger partial charge is 0.384 e. The zero-order valence-electron chi connectivity index (χ0n) is 9.90. The van der Waals surface area contributed by atoms with Gasteiger partial charge in [-0.2, -0.15) is 0 Å². The quantitative estimate of drug-likeness (QED) is 0.919. The third kappa shape index (κ3) is 2.36. The highest BCUT2D eigenvalue weighted by atomic mass is 35.5. The first-order chi connectivity index (χ1) is 8.72.